The van der Waals surface area contributed by atoms with Crippen molar-refractivity contribution in [3.05, 3.63) is 57.8 Å². The maximum atomic E-state index is 12.9. The highest BCUT2D eigenvalue weighted by molar-refractivity contribution is 9.10. The molecule has 0 aliphatic carbocycles. The van der Waals surface area contributed by atoms with E-state index in [1.165, 1.54) is 0 Å². The van der Waals surface area contributed by atoms with Crippen molar-refractivity contribution in [2.24, 2.45) is 0 Å². The zero-order valence-corrected chi connectivity index (χ0v) is 18.3. The minimum absolute atomic E-state index is 0.00248. The maximum absolute atomic E-state index is 12.9. The van der Waals surface area contributed by atoms with E-state index < -0.39 is 0 Å². The lowest BCUT2D eigenvalue weighted by atomic mass is 10.1. The molecule has 3 heterocycles. The predicted molar refractivity (Wildman–Crippen MR) is 112 cm³/mol. The first-order valence-electron chi connectivity index (χ1n) is 9.63. The molecule has 4 rings (SSSR count). The highest BCUT2D eigenvalue weighted by Crippen LogP contribution is 2.29. The van der Waals surface area contributed by atoms with Gasteiger partial charge in [0.05, 0.1) is 16.1 Å². The van der Waals surface area contributed by atoms with Crippen molar-refractivity contribution in [2.75, 3.05) is 26.2 Å². The van der Waals surface area contributed by atoms with Gasteiger partial charge in [-0.05, 0) is 36.7 Å². The molecule has 29 heavy (non-hydrogen) atoms. The maximum Gasteiger partial charge on any atom is 0.258 e. The summed E-state index contributed by atoms with van der Waals surface area (Å²) in [5.74, 6) is 2.56. The SMILES string of the molecule is Cc1oc(C)c(C(=O)N2CCN(C(C)c3nc(-c4ccccc4)no3)CC2)c1Br. The molecule has 0 N–H and O–H groups in total. The van der Waals surface area contributed by atoms with E-state index in [1.54, 1.807) is 0 Å². The average molecular weight is 459 g/mol. The largest absolute Gasteiger partial charge is 0.465 e. The van der Waals surface area contributed by atoms with Gasteiger partial charge >= 0.3 is 0 Å². The molecule has 1 aliphatic rings. The first kappa shape index (κ1) is 19.8. The second-order valence-corrected chi connectivity index (χ2v) is 8.02. The molecule has 1 fully saturated rings. The van der Waals surface area contributed by atoms with Gasteiger partial charge in [-0.3, -0.25) is 9.69 Å². The molecule has 2 aromatic heterocycles. The molecular weight excluding hydrogens is 436 g/mol. The molecule has 1 aromatic carbocycles. The number of carbonyl (C=O) groups excluding carboxylic acids is 1. The Kier molecular flexibility index (Phi) is 5.56. The zero-order chi connectivity index (χ0) is 20.5. The predicted octanol–water partition coefficient (Wildman–Crippen LogP) is 4.23. The van der Waals surface area contributed by atoms with Crippen molar-refractivity contribution in [2.45, 2.75) is 26.8 Å². The quantitative estimate of drug-likeness (QED) is 0.582. The van der Waals surface area contributed by atoms with E-state index in [2.05, 4.69) is 37.9 Å². The van der Waals surface area contributed by atoms with Gasteiger partial charge in [-0.15, -0.1) is 0 Å². The molecule has 0 saturated carbocycles. The molecule has 1 amide bonds. The van der Waals surface area contributed by atoms with Crippen LogP contribution in [0.3, 0.4) is 0 Å². The third kappa shape index (κ3) is 3.86. The van der Waals surface area contributed by atoms with Crippen LogP contribution >= 0.6 is 15.9 Å². The van der Waals surface area contributed by atoms with E-state index in [0.717, 1.165) is 28.9 Å². The minimum Gasteiger partial charge on any atom is -0.465 e. The number of furan rings is 1. The van der Waals surface area contributed by atoms with Gasteiger partial charge in [-0.25, -0.2) is 0 Å². The number of nitrogens with zero attached hydrogens (tertiary/aromatic N) is 4. The number of carbonyl (C=O) groups is 1. The van der Waals surface area contributed by atoms with Crippen LogP contribution in [-0.2, 0) is 0 Å². The van der Waals surface area contributed by atoms with Crippen molar-refractivity contribution in [3.63, 3.8) is 0 Å². The molecule has 1 atom stereocenters. The van der Waals surface area contributed by atoms with Crippen molar-refractivity contribution in [1.29, 1.82) is 0 Å². The van der Waals surface area contributed by atoms with Gasteiger partial charge in [0.15, 0.2) is 0 Å². The van der Waals surface area contributed by atoms with Gasteiger partial charge in [-0.1, -0.05) is 35.5 Å². The molecule has 7 nitrogen and oxygen atoms in total. The first-order chi connectivity index (χ1) is 14.0. The summed E-state index contributed by atoms with van der Waals surface area (Å²) in [5.41, 5.74) is 1.55. The fourth-order valence-electron chi connectivity index (χ4n) is 3.64. The molecule has 8 heteroatoms. The second-order valence-electron chi connectivity index (χ2n) is 7.23. The Morgan fingerprint density at radius 3 is 2.41 bits per heavy atom. The fourth-order valence-corrected chi connectivity index (χ4v) is 4.17. The lowest BCUT2D eigenvalue weighted by Crippen LogP contribution is -2.49. The molecule has 0 radical (unpaired) electrons. The van der Waals surface area contributed by atoms with E-state index in [9.17, 15) is 4.79 Å². The van der Waals surface area contributed by atoms with Crippen molar-refractivity contribution < 1.29 is 13.7 Å². The first-order valence-corrected chi connectivity index (χ1v) is 10.4. The fraction of sp³-hybridized carbons (Fsp3) is 0.381. The van der Waals surface area contributed by atoms with Crippen molar-refractivity contribution in [3.8, 4) is 11.4 Å². The van der Waals surface area contributed by atoms with Crippen molar-refractivity contribution >= 4 is 21.8 Å². The molecule has 1 aliphatic heterocycles. The summed E-state index contributed by atoms with van der Waals surface area (Å²) in [7, 11) is 0. The Morgan fingerprint density at radius 1 is 1.10 bits per heavy atom. The van der Waals surface area contributed by atoms with E-state index in [1.807, 2.05) is 49.1 Å². The van der Waals surface area contributed by atoms with E-state index in [4.69, 9.17) is 8.94 Å². The van der Waals surface area contributed by atoms with Crippen LogP contribution in [0.1, 0.15) is 40.7 Å². The van der Waals surface area contributed by atoms with Gasteiger partial charge < -0.3 is 13.8 Å². The number of piperazine rings is 1. The van der Waals surface area contributed by atoms with Crippen LogP contribution in [0, 0.1) is 13.8 Å². The standard InChI is InChI=1S/C21H23BrN4O3/c1-13(20-23-19(24-29-20)16-7-5-4-6-8-16)25-9-11-26(12-10-25)21(27)17-14(2)28-15(3)18(17)22/h4-8,13H,9-12H2,1-3H3. The van der Waals surface area contributed by atoms with Gasteiger partial charge in [0, 0.05) is 31.7 Å². The third-order valence-electron chi connectivity index (χ3n) is 5.38. The average Bonchev–Trinajstić information content (AvgIpc) is 3.33. The lowest BCUT2D eigenvalue weighted by molar-refractivity contribution is 0.0549. The Balaban J connectivity index is 1.41. The van der Waals surface area contributed by atoms with Crippen LogP contribution in [0.15, 0.2) is 43.7 Å². The minimum atomic E-state index is -0.0122. The van der Waals surface area contributed by atoms with Crippen LogP contribution in [-0.4, -0.2) is 52.0 Å². The smallest absolute Gasteiger partial charge is 0.258 e. The molecular formula is C21H23BrN4O3. The molecule has 3 aromatic rings. The molecule has 1 unspecified atom stereocenters. The molecule has 1 saturated heterocycles. The number of aromatic nitrogens is 2. The summed E-state index contributed by atoms with van der Waals surface area (Å²) < 4.78 is 11.8. The molecule has 152 valence electrons. The number of amides is 1. The highest BCUT2D eigenvalue weighted by atomic mass is 79.9. The zero-order valence-electron chi connectivity index (χ0n) is 16.7. The van der Waals surface area contributed by atoms with E-state index >= 15 is 0 Å². The Morgan fingerprint density at radius 2 is 1.79 bits per heavy atom. The van der Waals surface area contributed by atoms with Crippen LogP contribution in [0.2, 0.25) is 0 Å². The van der Waals surface area contributed by atoms with E-state index in [-0.39, 0.29) is 11.9 Å². The summed E-state index contributed by atoms with van der Waals surface area (Å²) >= 11 is 3.48. The van der Waals surface area contributed by atoms with Gasteiger partial charge in [0.2, 0.25) is 11.7 Å². The van der Waals surface area contributed by atoms with Gasteiger partial charge in [-0.2, -0.15) is 4.98 Å². The highest BCUT2D eigenvalue weighted by Gasteiger charge is 2.30. The summed E-state index contributed by atoms with van der Waals surface area (Å²) in [6.45, 7) is 8.48. The number of rotatable bonds is 4. The summed E-state index contributed by atoms with van der Waals surface area (Å²) in [6.07, 6.45) is 0. The number of hydrogen-bond donors (Lipinski definition) is 0. The monoisotopic (exact) mass is 458 g/mol. The lowest BCUT2D eigenvalue weighted by Gasteiger charge is -2.36. The van der Waals surface area contributed by atoms with Gasteiger partial charge in [0.25, 0.3) is 5.91 Å². The topological polar surface area (TPSA) is 75.6 Å². The van der Waals surface area contributed by atoms with E-state index in [0.29, 0.717) is 36.1 Å². The van der Waals surface area contributed by atoms with Crippen molar-refractivity contribution in [1.82, 2.24) is 19.9 Å². The molecule has 0 bridgehead atoms. The Bertz CT molecular complexity index is 1010. The number of hydrogen-bond acceptors (Lipinski definition) is 6. The third-order valence-corrected chi connectivity index (χ3v) is 6.34. The number of aryl methyl sites for hydroxylation is 2. The van der Waals surface area contributed by atoms with Crippen LogP contribution in [0.4, 0.5) is 0 Å². The number of benzene rings is 1. The summed E-state index contributed by atoms with van der Waals surface area (Å²) in [4.78, 5) is 21.6. The normalized spacial score (nSPS) is 16.2. The van der Waals surface area contributed by atoms with Crippen LogP contribution < -0.4 is 0 Å². The molecule has 0 spiro atoms. The van der Waals surface area contributed by atoms with Gasteiger partial charge in [0.1, 0.15) is 11.5 Å². The second kappa shape index (κ2) is 8.12. The Labute approximate surface area is 177 Å². The Hall–Kier alpha value is -2.45. The number of halogens is 1. The summed E-state index contributed by atoms with van der Waals surface area (Å²) in [5, 5.41) is 4.11. The van der Waals surface area contributed by atoms with Crippen LogP contribution in [0.5, 0.6) is 0 Å². The summed E-state index contributed by atoms with van der Waals surface area (Å²) in [6, 6.07) is 9.77. The van der Waals surface area contributed by atoms with Crippen LogP contribution in [0.25, 0.3) is 11.4 Å².